The van der Waals surface area contributed by atoms with E-state index in [1.165, 1.54) is 12.1 Å². The molecular weight excluding hydrogens is 258 g/mol. The van der Waals surface area contributed by atoms with E-state index in [9.17, 15) is 17.6 Å². The number of aryl methyl sites for hydroxylation is 1. The molecule has 1 aromatic carbocycles. The van der Waals surface area contributed by atoms with E-state index in [1.807, 2.05) is 13.8 Å². The van der Waals surface area contributed by atoms with Crippen LogP contribution in [0.15, 0.2) is 18.2 Å². The second kappa shape index (κ2) is 6.37. The van der Waals surface area contributed by atoms with Crippen LogP contribution in [0.25, 0.3) is 0 Å². The normalized spacial score (nSPS) is 12.5. The average Bonchev–Trinajstić information content (AvgIpc) is 2.24. The Morgan fingerprint density at radius 2 is 1.84 bits per heavy atom. The molecule has 0 N–H and O–H groups in total. The van der Waals surface area contributed by atoms with E-state index in [4.69, 9.17) is 0 Å². The third-order valence-corrected chi connectivity index (χ3v) is 3.09. The molecule has 0 aliphatic heterocycles. The van der Waals surface area contributed by atoms with E-state index in [0.717, 1.165) is 11.1 Å². The Hall–Kier alpha value is -1.10. The standard InChI is InChI=1S/C14H19F4N/c1-10(2)19(7-6-14(16,17)18)9-12-4-5-13(15)8-11(12)3/h4-5,8,10H,6-7,9H2,1-3H3. The van der Waals surface area contributed by atoms with Gasteiger partial charge in [0.2, 0.25) is 0 Å². The number of benzene rings is 1. The van der Waals surface area contributed by atoms with Crippen LogP contribution in [0, 0.1) is 12.7 Å². The zero-order chi connectivity index (χ0) is 14.6. The summed E-state index contributed by atoms with van der Waals surface area (Å²) in [4.78, 5) is 1.74. The van der Waals surface area contributed by atoms with Crippen molar-refractivity contribution in [3.8, 4) is 0 Å². The molecule has 0 aliphatic carbocycles. The Bertz CT molecular complexity index is 412. The summed E-state index contributed by atoms with van der Waals surface area (Å²) in [7, 11) is 0. The second-order valence-electron chi connectivity index (χ2n) is 5.00. The average molecular weight is 277 g/mol. The first-order valence-corrected chi connectivity index (χ1v) is 6.25. The fourth-order valence-corrected chi connectivity index (χ4v) is 1.85. The van der Waals surface area contributed by atoms with Crippen LogP contribution in [0.2, 0.25) is 0 Å². The van der Waals surface area contributed by atoms with E-state index in [2.05, 4.69) is 0 Å². The molecular formula is C14H19F4N. The lowest BCUT2D eigenvalue weighted by molar-refractivity contribution is -0.139. The summed E-state index contributed by atoms with van der Waals surface area (Å²) in [6.45, 7) is 5.84. The van der Waals surface area contributed by atoms with Crippen LogP contribution in [0.3, 0.4) is 0 Å². The first kappa shape index (κ1) is 16.0. The van der Waals surface area contributed by atoms with Gasteiger partial charge in [-0.2, -0.15) is 13.2 Å². The highest BCUT2D eigenvalue weighted by Gasteiger charge is 2.28. The van der Waals surface area contributed by atoms with Gasteiger partial charge < -0.3 is 0 Å². The zero-order valence-electron chi connectivity index (χ0n) is 11.4. The first-order valence-electron chi connectivity index (χ1n) is 6.25. The van der Waals surface area contributed by atoms with Gasteiger partial charge in [-0.3, -0.25) is 4.90 Å². The highest BCUT2D eigenvalue weighted by Crippen LogP contribution is 2.22. The molecule has 0 fully saturated rings. The summed E-state index contributed by atoms with van der Waals surface area (Å²) >= 11 is 0. The minimum Gasteiger partial charge on any atom is -0.296 e. The van der Waals surface area contributed by atoms with Gasteiger partial charge in [0.15, 0.2) is 0 Å². The highest BCUT2D eigenvalue weighted by atomic mass is 19.4. The minimum absolute atomic E-state index is 0.00630. The van der Waals surface area contributed by atoms with E-state index in [0.29, 0.717) is 6.54 Å². The third kappa shape index (κ3) is 5.59. The van der Waals surface area contributed by atoms with Crippen LogP contribution in [-0.2, 0) is 6.54 Å². The molecule has 108 valence electrons. The van der Waals surface area contributed by atoms with Crippen molar-refractivity contribution in [2.75, 3.05) is 6.54 Å². The topological polar surface area (TPSA) is 3.24 Å². The summed E-state index contributed by atoms with van der Waals surface area (Å²) in [5, 5.41) is 0. The fraction of sp³-hybridized carbons (Fsp3) is 0.571. The number of rotatable bonds is 5. The predicted molar refractivity (Wildman–Crippen MR) is 67.4 cm³/mol. The van der Waals surface area contributed by atoms with Gasteiger partial charge in [-0.05, 0) is 44.0 Å². The molecule has 1 rings (SSSR count). The number of nitrogens with zero attached hydrogens (tertiary/aromatic N) is 1. The van der Waals surface area contributed by atoms with Crippen LogP contribution in [0.4, 0.5) is 17.6 Å². The fourth-order valence-electron chi connectivity index (χ4n) is 1.85. The van der Waals surface area contributed by atoms with Gasteiger partial charge in [0, 0.05) is 19.1 Å². The highest BCUT2D eigenvalue weighted by molar-refractivity contribution is 5.26. The molecule has 0 aliphatic rings. The Labute approximate surface area is 111 Å². The van der Waals surface area contributed by atoms with E-state index in [1.54, 1.807) is 17.9 Å². The van der Waals surface area contributed by atoms with Crippen molar-refractivity contribution in [3.05, 3.63) is 35.1 Å². The third-order valence-electron chi connectivity index (χ3n) is 3.09. The smallest absolute Gasteiger partial charge is 0.296 e. The summed E-state index contributed by atoms with van der Waals surface area (Å²) in [6.07, 6.45) is -4.98. The molecule has 0 amide bonds. The van der Waals surface area contributed by atoms with Crippen LogP contribution < -0.4 is 0 Å². The number of alkyl halides is 3. The Morgan fingerprint density at radius 1 is 1.21 bits per heavy atom. The van der Waals surface area contributed by atoms with Gasteiger partial charge in [0.1, 0.15) is 5.82 Å². The van der Waals surface area contributed by atoms with Gasteiger partial charge >= 0.3 is 6.18 Å². The lowest BCUT2D eigenvalue weighted by Gasteiger charge is -2.27. The molecule has 0 saturated carbocycles. The number of halogens is 4. The van der Waals surface area contributed by atoms with Crippen LogP contribution in [0.1, 0.15) is 31.4 Å². The Morgan fingerprint density at radius 3 is 2.32 bits per heavy atom. The van der Waals surface area contributed by atoms with Crippen molar-refractivity contribution >= 4 is 0 Å². The van der Waals surface area contributed by atoms with E-state index in [-0.39, 0.29) is 18.4 Å². The maximum absolute atomic E-state index is 13.0. The van der Waals surface area contributed by atoms with Gasteiger partial charge in [0.05, 0.1) is 6.42 Å². The lowest BCUT2D eigenvalue weighted by atomic mass is 10.1. The van der Waals surface area contributed by atoms with Crippen LogP contribution in [0.5, 0.6) is 0 Å². The maximum atomic E-state index is 13.0. The first-order chi connectivity index (χ1) is 8.69. The molecule has 5 heteroatoms. The van der Waals surface area contributed by atoms with Crippen molar-refractivity contribution in [2.24, 2.45) is 0 Å². The molecule has 19 heavy (non-hydrogen) atoms. The molecule has 0 radical (unpaired) electrons. The van der Waals surface area contributed by atoms with Crippen molar-refractivity contribution in [1.82, 2.24) is 4.90 Å². The van der Waals surface area contributed by atoms with Gasteiger partial charge in [-0.15, -0.1) is 0 Å². The molecule has 0 unspecified atom stereocenters. The number of hydrogen-bond acceptors (Lipinski definition) is 1. The molecule has 0 bridgehead atoms. The summed E-state index contributed by atoms with van der Waals surface area (Å²) in [5.41, 5.74) is 1.62. The van der Waals surface area contributed by atoms with Gasteiger partial charge in [-0.1, -0.05) is 6.07 Å². The molecule has 0 aromatic heterocycles. The maximum Gasteiger partial charge on any atom is 0.390 e. The summed E-state index contributed by atoms with van der Waals surface area (Å²) in [5.74, 6) is -0.326. The molecule has 1 nitrogen and oxygen atoms in total. The second-order valence-corrected chi connectivity index (χ2v) is 5.00. The molecule has 0 heterocycles. The monoisotopic (exact) mass is 277 g/mol. The number of hydrogen-bond donors (Lipinski definition) is 0. The van der Waals surface area contributed by atoms with Crippen molar-refractivity contribution < 1.29 is 17.6 Å². The van der Waals surface area contributed by atoms with Crippen molar-refractivity contribution in [1.29, 1.82) is 0 Å². The minimum atomic E-state index is -4.15. The Balaban J connectivity index is 2.73. The molecule has 0 atom stereocenters. The summed E-state index contributed by atoms with van der Waals surface area (Å²) < 4.78 is 49.8. The van der Waals surface area contributed by atoms with Crippen molar-refractivity contribution in [3.63, 3.8) is 0 Å². The molecule has 0 spiro atoms. The van der Waals surface area contributed by atoms with E-state index >= 15 is 0 Å². The lowest BCUT2D eigenvalue weighted by Crippen LogP contribution is -2.33. The zero-order valence-corrected chi connectivity index (χ0v) is 11.4. The quantitative estimate of drug-likeness (QED) is 0.725. The predicted octanol–water partition coefficient (Wildman–Crippen LogP) is 4.30. The van der Waals surface area contributed by atoms with Crippen LogP contribution >= 0.6 is 0 Å². The van der Waals surface area contributed by atoms with Gasteiger partial charge in [0.25, 0.3) is 0 Å². The summed E-state index contributed by atoms with van der Waals surface area (Å²) in [6, 6.07) is 4.38. The largest absolute Gasteiger partial charge is 0.390 e. The van der Waals surface area contributed by atoms with Crippen LogP contribution in [-0.4, -0.2) is 23.7 Å². The SMILES string of the molecule is Cc1cc(F)ccc1CN(CCC(F)(F)F)C(C)C. The van der Waals surface area contributed by atoms with Gasteiger partial charge in [-0.25, -0.2) is 4.39 Å². The Kier molecular flexibility index (Phi) is 5.35. The van der Waals surface area contributed by atoms with Crippen molar-refractivity contribution in [2.45, 2.75) is 46.0 Å². The molecule has 1 aromatic rings. The molecule has 0 saturated heterocycles. The van der Waals surface area contributed by atoms with E-state index < -0.39 is 12.6 Å².